The molecule has 1 aromatic heterocycles. The molecule has 2 aromatic rings. The number of carbonyl (C=O) groups excluding carboxylic acids is 1. The molecule has 1 aliphatic rings. The Morgan fingerprint density at radius 1 is 1.52 bits per heavy atom. The van der Waals surface area contributed by atoms with Gasteiger partial charge in [-0.25, -0.2) is 4.98 Å². The highest BCUT2D eigenvalue weighted by Crippen LogP contribution is 2.18. The van der Waals surface area contributed by atoms with Crippen LogP contribution in [0.5, 0.6) is 0 Å². The van der Waals surface area contributed by atoms with Crippen molar-refractivity contribution in [2.45, 2.75) is 38.6 Å². The first-order chi connectivity index (χ1) is 10.2. The topological polar surface area (TPSA) is 67.2 Å². The molecule has 0 saturated carbocycles. The third-order valence-corrected chi connectivity index (χ3v) is 3.92. The van der Waals surface area contributed by atoms with Gasteiger partial charge in [-0.05, 0) is 37.9 Å². The first-order valence-electron chi connectivity index (χ1n) is 7.57. The second-order valence-corrected chi connectivity index (χ2v) is 5.63. The zero-order valence-electron chi connectivity index (χ0n) is 12.3. The number of carbonyl (C=O) groups is 1. The average molecular weight is 287 g/mol. The van der Waals surface area contributed by atoms with Crippen LogP contribution in [0.4, 0.5) is 0 Å². The number of aryl methyl sites for hydroxylation is 1. The van der Waals surface area contributed by atoms with Gasteiger partial charge in [-0.2, -0.15) is 0 Å². The van der Waals surface area contributed by atoms with Crippen LogP contribution in [0.3, 0.4) is 0 Å². The zero-order valence-corrected chi connectivity index (χ0v) is 12.3. The second kappa shape index (κ2) is 6.26. The summed E-state index contributed by atoms with van der Waals surface area (Å²) in [4.78, 5) is 16.3. The third-order valence-electron chi connectivity index (χ3n) is 3.92. The summed E-state index contributed by atoms with van der Waals surface area (Å²) in [5.74, 6) is 0.778. The molecule has 2 heterocycles. The summed E-state index contributed by atoms with van der Waals surface area (Å²) in [6.07, 6.45) is 3.45. The van der Waals surface area contributed by atoms with Crippen LogP contribution in [0.2, 0.25) is 0 Å². The largest absolute Gasteiger partial charge is 0.441 e. The van der Waals surface area contributed by atoms with Crippen LogP contribution in [-0.2, 0) is 11.2 Å². The van der Waals surface area contributed by atoms with E-state index in [2.05, 4.69) is 15.6 Å². The number of hydrogen-bond donors (Lipinski definition) is 2. The van der Waals surface area contributed by atoms with Crippen molar-refractivity contribution in [1.29, 1.82) is 0 Å². The summed E-state index contributed by atoms with van der Waals surface area (Å²) in [6, 6.07) is 6.24. The first kappa shape index (κ1) is 14.1. The van der Waals surface area contributed by atoms with Crippen LogP contribution < -0.4 is 10.6 Å². The Bertz CT molecular complexity index is 629. The highest BCUT2D eigenvalue weighted by atomic mass is 16.3. The molecule has 0 spiro atoms. The van der Waals surface area contributed by atoms with E-state index in [9.17, 15) is 4.79 Å². The summed E-state index contributed by atoms with van der Waals surface area (Å²) in [5.41, 5.74) is 2.83. The fraction of sp³-hybridized carbons (Fsp3) is 0.500. The maximum Gasteiger partial charge on any atom is 0.221 e. The molecule has 0 radical (unpaired) electrons. The van der Waals surface area contributed by atoms with Crippen molar-refractivity contribution in [3.05, 3.63) is 29.7 Å². The van der Waals surface area contributed by atoms with Crippen LogP contribution in [0, 0.1) is 6.92 Å². The van der Waals surface area contributed by atoms with E-state index in [1.54, 1.807) is 0 Å². The molecular weight excluding hydrogens is 266 g/mol. The minimum atomic E-state index is 0.0988. The summed E-state index contributed by atoms with van der Waals surface area (Å²) >= 11 is 0. The Morgan fingerprint density at radius 3 is 3.19 bits per heavy atom. The van der Waals surface area contributed by atoms with Crippen molar-refractivity contribution in [2.75, 3.05) is 13.1 Å². The molecule has 5 nitrogen and oxygen atoms in total. The van der Waals surface area contributed by atoms with E-state index < -0.39 is 0 Å². The molecule has 2 N–H and O–H groups in total. The number of amides is 1. The lowest BCUT2D eigenvalue weighted by atomic mass is 10.1. The standard InChI is InChI=1S/C16H21N3O2/c1-11-4-2-6-13-16(11)19-15(21-13)7-9-18-14(20)10-12-5-3-8-17-12/h2,4,6,12,17H,3,5,7-10H2,1H3,(H,18,20). The number of rotatable bonds is 5. The van der Waals surface area contributed by atoms with Gasteiger partial charge in [0, 0.05) is 25.4 Å². The number of benzene rings is 1. The number of para-hydroxylation sites is 1. The van der Waals surface area contributed by atoms with E-state index in [0.717, 1.165) is 29.6 Å². The highest BCUT2D eigenvalue weighted by molar-refractivity contribution is 5.77. The first-order valence-corrected chi connectivity index (χ1v) is 7.57. The summed E-state index contributed by atoms with van der Waals surface area (Å²) in [5, 5.41) is 6.27. The van der Waals surface area contributed by atoms with Crippen molar-refractivity contribution in [3.63, 3.8) is 0 Å². The predicted molar refractivity (Wildman–Crippen MR) is 81.1 cm³/mol. The lowest BCUT2D eigenvalue weighted by Gasteiger charge is -2.09. The molecule has 1 fully saturated rings. The molecule has 21 heavy (non-hydrogen) atoms. The van der Waals surface area contributed by atoms with E-state index in [1.165, 1.54) is 6.42 Å². The summed E-state index contributed by atoms with van der Waals surface area (Å²) < 4.78 is 5.69. The number of aromatic nitrogens is 1. The molecule has 0 bridgehead atoms. The third kappa shape index (κ3) is 3.42. The number of fused-ring (bicyclic) bond motifs is 1. The van der Waals surface area contributed by atoms with Crippen LogP contribution in [0.25, 0.3) is 11.1 Å². The van der Waals surface area contributed by atoms with Gasteiger partial charge in [0.05, 0.1) is 0 Å². The Morgan fingerprint density at radius 2 is 2.43 bits per heavy atom. The highest BCUT2D eigenvalue weighted by Gasteiger charge is 2.17. The maximum atomic E-state index is 11.8. The van der Waals surface area contributed by atoms with Crippen LogP contribution >= 0.6 is 0 Å². The minimum Gasteiger partial charge on any atom is -0.441 e. The molecule has 1 unspecified atom stereocenters. The zero-order chi connectivity index (χ0) is 14.7. The van der Waals surface area contributed by atoms with Gasteiger partial charge in [-0.15, -0.1) is 0 Å². The molecule has 3 rings (SSSR count). The molecule has 1 aromatic carbocycles. The van der Waals surface area contributed by atoms with Gasteiger partial charge in [0.15, 0.2) is 11.5 Å². The summed E-state index contributed by atoms with van der Waals surface area (Å²) in [7, 11) is 0. The average Bonchev–Trinajstić information content (AvgIpc) is 3.08. The number of hydrogen-bond acceptors (Lipinski definition) is 4. The van der Waals surface area contributed by atoms with Crippen LogP contribution in [0.1, 0.15) is 30.7 Å². The maximum absolute atomic E-state index is 11.8. The van der Waals surface area contributed by atoms with Gasteiger partial charge >= 0.3 is 0 Å². The van der Waals surface area contributed by atoms with Gasteiger partial charge in [-0.3, -0.25) is 4.79 Å². The molecule has 1 atom stereocenters. The van der Waals surface area contributed by atoms with E-state index in [4.69, 9.17) is 4.42 Å². The Labute approximate surface area is 124 Å². The molecule has 112 valence electrons. The smallest absolute Gasteiger partial charge is 0.221 e. The van der Waals surface area contributed by atoms with Crippen molar-refractivity contribution in [2.24, 2.45) is 0 Å². The summed E-state index contributed by atoms with van der Waals surface area (Å²) in [6.45, 7) is 3.61. The molecular formula is C16H21N3O2. The molecule has 1 saturated heterocycles. The van der Waals surface area contributed by atoms with Crippen molar-refractivity contribution in [1.82, 2.24) is 15.6 Å². The van der Waals surface area contributed by atoms with E-state index in [1.807, 2.05) is 25.1 Å². The van der Waals surface area contributed by atoms with E-state index in [-0.39, 0.29) is 5.91 Å². The Hall–Kier alpha value is -1.88. The molecule has 1 aliphatic heterocycles. The van der Waals surface area contributed by atoms with Gasteiger partial charge < -0.3 is 15.1 Å². The van der Waals surface area contributed by atoms with Crippen molar-refractivity contribution in [3.8, 4) is 0 Å². The van der Waals surface area contributed by atoms with Gasteiger partial charge in [0.25, 0.3) is 0 Å². The Balaban J connectivity index is 1.49. The predicted octanol–water partition coefficient (Wildman–Crippen LogP) is 1.94. The number of nitrogens with one attached hydrogen (secondary N) is 2. The second-order valence-electron chi connectivity index (χ2n) is 5.63. The van der Waals surface area contributed by atoms with Gasteiger partial charge in [-0.1, -0.05) is 12.1 Å². The van der Waals surface area contributed by atoms with Gasteiger partial charge in [0.1, 0.15) is 5.52 Å². The van der Waals surface area contributed by atoms with Crippen molar-refractivity contribution < 1.29 is 9.21 Å². The van der Waals surface area contributed by atoms with Crippen LogP contribution in [0.15, 0.2) is 22.6 Å². The van der Waals surface area contributed by atoms with E-state index >= 15 is 0 Å². The van der Waals surface area contributed by atoms with Crippen molar-refractivity contribution >= 4 is 17.0 Å². The number of nitrogens with zero attached hydrogens (tertiary/aromatic N) is 1. The lowest BCUT2D eigenvalue weighted by Crippen LogP contribution is -2.32. The number of oxazole rings is 1. The van der Waals surface area contributed by atoms with Gasteiger partial charge in [0.2, 0.25) is 5.91 Å². The van der Waals surface area contributed by atoms with E-state index in [0.29, 0.717) is 31.3 Å². The quantitative estimate of drug-likeness (QED) is 0.882. The SMILES string of the molecule is Cc1cccc2oc(CCNC(=O)CC3CCCN3)nc12. The fourth-order valence-electron chi connectivity index (χ4n) is 2.77. The molecule has 1 amide bonds. The minimum absolute atomic E-state index is 0.0988. The lowest BCUT2D eigenvalue weighted by molar-refractivity contribution is -0.121. The fourth-order valence-corrected chi connectivity index (χ4v) is 2.77. The molecule has 5 heteroatoms. The molecule has 0 aliphatic carbocycles. The monoisotopic (exact) mass is 287 g/mol. The van der Waals surface area contributed by atoms with Crippen LogP contribution in [-0.4, -0.2) is 30.0 Å². The normalized spacial score (nSPS) is 18.2. The Kier molecular flexibility index (Phi) is 4.20.